The molecule has 1 nitrogen and oxygen atoms in total. The third-order valence-corrected chi connectivity index (χ3v) is 3.06. The minimum Gasteiger partial charge on any atom is -0.185 e. The summed E-state index contributed by atoms with van der Waals surface area (Å²) in [6.07, 6.45) is 0. The molecule has 0 N–H and O–H groups in total. The lowest BCUT2D eigenvalue weighted by Gasteiger charge is -2.05. The van der Waals surface area contributed by atoms with Crippen molar-refractivity contribution in [3.63, 3.8) is 0 Å². The Morgan fingerprint density at radius 3 is 2.71 bits per heavy atom. The lowest BCUT2D eigenvalue weighted by molar-refractivity contribution is 1.36. The maximum Gasteiger partial charge on any atom is 0.138 e. The van der Waals surface area contributed by atoms with Gasteiger partial charge in [0.25, 0.3) is 0 Å². The normalized spacial score (nSPS) is 10.0. The predicted molar refractivity (Wildman–Crippen MR) is 60.2 cm³/mol. The predicted octanol–water partition coefficient (Wildman–Crippen LogP) is 3.72. The molecule has 2 rings (SSSR count). The van der Waals surface area contributed by atoms with Crippen LogP contribution in [0.15, 0.2) is 41.3 Å². The Hall–Kier alpha value is -1.46. The third-order valence-electron chi connectivity index (χ3n) is 2.22. The SMILES string of the molecule is Cc1ccc2ccccc2c1SC#N. The van der Waals surface area contributed by atoms with E-state index < -0.39 is 0 Å². The zero-order chi connectivity index (χ0) is 9.97. The number of nitrogens with zero attached hydrogens (tertiary/aromatic N) is 1. The van der Waals surface area contributed by atoms with Crippen LogP contribution in [0.1, 0.15) is 5.56 Å². The van der Waals surface area contributed by atoms with Crippen LogP contribution in [0.2, 0.25) is 0 Å². The molecule has 0 amide bonds. The summed E-state index contributed by atoms with van der Waals surface area (Å²) in [7, 11) is 0. The smallest absolute Gasteiger partial charge is 0.138 e. The molecule has 0 radical (unpaired) electrons. The lowest BCUT2D eigenvalue weighted by Crippen LogP contribution is -1.81. The van der Waals surface area contributed by atoms with E-state index in [2.05, 4.69) is 29.7 Å². The first-order valence-corrected chi connectivity index (χ1v) is 5.19. The molecule has 0 heterocycles. The van der Waals surface area contributed by atoms with Gasteiger partial charge in [-0.05, 0) is 35.0 Å². The topological polar surface area (TPSA) is 23.8 Å². The van der Waals surface area contributed by atoms with Crippen LogP contribution in [-0.2, 0) is 0 Å². The molecule has 0 aliphatic rings. The maximum atomic E-state index is 8.72. The number of thioether (sulfide) groups is 1. The van der Waals surface area contributed by atoms with Gasteiger partial charge < -0.3 is 0 Å². The molecule has 2 aromatic carbocycles. The van der Waals surface area contributed by atoms with Gasteiger partial charge in [-0.1, -0.05) is 36.4 Å². The molecule has 0 spiro atoms. The number of thiocyanates is 1. The minimum absolute atomic E-state index is 1.07. The number of rotatable bonds is 1. The second-order valence-electron chi connectivity index (χ2n) is 3.13. The Bertz CT molecular complexity index is 511. The second kappa shape index (κ2) is 3.73. The second-order valence-corrected chi connectivity index (χ2v) is 3.92. The summed E-state index contributed by atoms with van der Waals surface area (Å²) in [5, 5.41) is 13.2. The van der Waals surface area contributed by atoms with Gasteiger partial charge in [-0.15, -0.1) is 0 Å². The van der Waals surface area contributed by atoms with E-state index in [1.54, 1.807) is 0 Å². The Morgan fingerprint density at radius 1 is 1.14 bits per heavy atom. The molecule has 0 fully saturated rings. The largest absolute Gasteiger partial charge is 0.185 e. The molecule has 0 aliphatic heterocycles. The Kier molecular flexibility index (Phi) is 2.43. The van der Waals surface area contributed by atoms with Crippen molar-refractivity contribution >= 4 is 22.5 Å². The highest BCUT2D eigenvalue weighted by Crippen LogP contribution is 2.30. The highest BCUT2D eigenvalue weighted by molar-refractivity contribution is 8.04. The summed E-state index contributed by atoms with van der Waals surface area (Å²) in [6.45, 7) is 2.03. The standard InChI is InChI=1S/C12H9NS/c1-9-6-7-10-4-2-3-5-11(10)12(9)14-8-13/h2-7H,1H3. The van der Waals surface area contributed by atoms with E-state index in [1.165, 1.54) is 22.5 Å². The Morgan fingerprint density at radius 2 is 1.93 bits per heavy atom. The average molecular weight is 199 g/mol. The van der Waals surface area contributed by atoms with Gasteiger partial charge in [0.15, 0.2) is 0 Å². The monoisotopic (exact) mass is 199 g/mol. The first-order valence-electron chi connectivity index (χ1n) is 4.37. The van der Waals surface area contributed by atoms with Crippen LogP contribution >= 0.6 is 11.8 Å². The van der Waals surface area contributed by atoms with Crippen molar-refractivity contribution in [3.05, 3.63) is 42.0 Å². The molecule has 0 unspecified atom stereocenters. The van der Waals surface area contributed by atoms with Crippen molar-refractivity contribution in [2.24, 2.45) is 0 Å². The van der Waals surface area contributed by atoms with E-state index >= 15 is 0 Å². The van der Waals surface area contributed by atoms with Crippen LogP contribution in [0.3, 0.4) is 0 Å². The average Bonchev–Trinajstić information content (AvgIpc) is 2.23. The van der Waals surface area contributed by atoms with Crippen LogP contribution in [-0.4, -0.2) is 0 Å². The molecule has 68 valence electrons. The minimum atomic E-state index is 1.07. The van der Waals surface area contributed by atoms with Crippen molar-refractivity contribution in [3.8, 4) is 5.40 Å². The quantitative estimate of drug-likeness (QED) is 0.516. The Labute approximate surface area is 87.4 Å². The van der Waals surface area contributed by atoms with Crippen molar-refractivity contribution in [2.45, 2.75) is 11.8 Å². The van der Waals surface area contributed by atoms with Crippen LogP contribution in [0.4, 0.5) is 0 Å². The molecule has 14 heavy (non-hydrogen) atoms. The fraction of sp³-hybridized carbons (Fsp3) is 0.0833. The molecular weight excluding hydrogens is 190 g/mol. The number of benzene rings is 2. The van der Waals surface area contributed by atoms with Crippen LogP contribution in [0, 0.1) is 17.6 Å². The zero-order valence-corrected chi connectivity index (χ0v) is 8.64. The van der Waals surface area contributed by atoms with E-state index in [-0.39, 0.29) is 0 Å². The van der Waals surface area contributed by atoms with E-state index in [4.69, 9.17) is 5.26 Å². The first kappa shape index (κ1) is 9.11. The number of fused-ring (bicyclic) bond motifs is 1. The van der Waals surface area contributed by atoms with E-state index in [9.17, 15) is 0 Å². The first-order chi connectivity index (χ1) is 6.83. The van der Waals surface area contributed by atoms with Gasteiger partial charge in [-0.3, -0.25) is 0 Å². The van der Waals surface area contributed by atoms with Crippen molar-refractivity contribution in [1.29, 1.82) is 5.26 Å². The molecule has 0 bridgehead atoms. The van der Waals surface area contributed by atoms with Gasteiger partial charge in [-0.2, -0.15) is 5.26 Å². The highest BCUT2D eigenvalue weighted by Gasteiger charge is 2.03. The summed E-state index contributed by atoms with van der Waals surface area (Å²) in [5.41, 5.74) is 1.16. The molecule has 0 aliphatic carbocycles. The molecule has 2 aromatic rings. The fourth-order valence-corrected chi connectivity index (χ4v) is 2.15. The van der Waals surface area contributed by atoms with Gasteiger partial charge in [-0.25, -0.2) is 0 Å². The fourth-order valence-electron chi connectivity index (χ4n) is 1.53. The number of hydrogen-bond donors (Lipinski definition) is 0. The van der Waals surface area contributed by atoms with E-state index in [0.717, 1.165) is 10.5 Å². The van der Waals surface area contributed by atoms with E-state index in [1.807, 2.05) is 19.1 Å². The zero-order valence-electron chi connectivity index (χ0n) is 7.82. The molecular formula is C12H9NS. The lowest BCUT2D eigenvalue weighted by atomic mass is 10.1. The van der Waals surface area contributed by atoms with Gasteiger partial charge in [0.05, 0.1) is 0 Å². The number of hydrogen-bond acceptors (Lipinski definition) is 2. The highest BCUT2D eigenvalue weighted by atomic mass is 32.2. The molecule has 0 atom stereocenters. The summed E-state index contributed by atoms with van der Waals surface area (Å²) < 4.78 is 0. The number of nitriles is 1. The third kappa shape index (κ3) is 1.47. The molecule has 0 saturated carbocycles. The summed E-state index contributed by atoms with van der Waals surface area (Å²) >= 11 is 1.24. The summed E-state index contributed by atoms with van der Waals surface area (Å²) in [5.74, 6) is 0. The van der Waals surface area contributed by atoms with Crippen LogP contribution < -0.4 is 0 Å². The van der Waals surface area contributed by atoms with Gasteiger partial charge in [0.1, 0.15) is 5.40 Å². The van der Waals surface area contributed by atoms with E-state index in [0.29, 0.717) is 0 Å². The summed E-state index contributed by atoms with van der Waals surface area (Å²) in [6, 6.07) is 12.3. The van der Waals surface area contributed by atoms with Gasteiger partial charge >= 0.3 is 0 Å². The number of aryl methyl sites for hydroxylation is 1. The van der Waals surface area contributed by atoms with Gasteiger partial charge in [0.2, 0.25) is 0 Å². The maximum absolute atomic E-state index is 8.72. The molecule has 2 heteroatoms. The van der Waals surface area contributed by atoms with Crippen molar-refractivity contribution in [1.82, 2.24) is 0 Å². The molecule has 0 aromatic heterocycles. The van der Waals surface area contributed by atoms with Crippen LogP contribution in [0.5, 0.6) is 0 Å². The van der Waals surface area contributed by atoms with Gasteiger partial charge in [0, 0.05) is 4.90 Å². The summed E-state index contributed by atoms with van der Waals surface area (Å²) in [4.78, 5) is 1.07. The molecule has 0 saturated heterocycles. The Balaban J connectivity index is 2.77. The van der Waals surface area contributed by atoms with Crippen LogP contribution in [0.25, 0.3) is 10.8 Å². The van der Waals surface area contributed by atoms with Crippen molar-refractivity contribution < 1.29 is 0 Å². The van der Waals surface area contributed by atoms with Crippen molar-refractivity contribution in [2.75, 3.05) is 0 Å².